The first kappa shape index (κ1) is 33.0. The van der Waals surface area contributed by atoms with Gasteiger partial charge < -0.3 is 24.6 Å². The lowest BCUT2D eigenvalue weighted by Crippen LogP contribution is -2.57. The van der Waals surface area contributed by atoms with Gasteiger partial charge in [0.1, 0.15) is 42.0 Å². The average molecular weight is 621 g/mol. The predicted molar refractivity (Wildman–Crippen MR) is 163 cm³/mol. The lowest BCUT2D eigenvalue weighted by Gasteiger charge is -2.36. The molecule has 2 N–H and O–H groups in total. The van der Waals surface area contributed by atoms with Crippen LogP contribution < -0.4 is 5.32 Å². The first-order valence-corrected chi connectivity index (χ1v) is 14.7. The van der Waals surface area contributed by atoms with Gasteiger partial charge in [-0.25, -0.2) is 23.9 Å². The van der Waals surface area contributed by atoms with Gasteiger partial charge in [-0.05, 0) is 64.8 Å². The average Bonchev–Trinajstić information content (AvgIpc) is 3.38. The number of amides is 2. The minimum absolute atomic E-state index is 0.000540. The second kappa shape index (κ2) is 13.4. The number of esters is 1. The lowest BCUT2D eigenvalue weighted by atomic mass is 10.0. The maximum atomic E-state index is 13.9. The van der Waals surface area contributed by atoms with Gasteiger partial charge in [-0.2, -0.15) is 0 Å². The van der Waals surface area contributed by atoms with Gasteiger partial charge in [0, 0.05) is 12.8 Å². The molecule has 2 amide bonds. The van der Waals surface area contributed by atoms with Crippen molar-refractivity contribution in [2.75, 3.05) is 0 Å². The number of hydrogen-bond donors (Lipinski definition) is 2. The predicted octanol–water partition coefficient (Wildman–Crippen LogP) is 4.50. The highest BCUT2D eigenvalue weighted by atomic mass is 16.6. The summed E-state index contributed by atoms with van der Waals surface area (Å²) in [6, 6.07) is 13.1. The lowest BCUT2D eigenvalue weighted by molar-refractivity contribution is -0.149. The van der Waals surface area contributed by atoms with E-state index in [4.69, 9.17) is 14.2 Å². The van der Waals surface area contributed by atoms with Gasteiger partial charge >= 0.3 is 18.2 Å². The van der Waals surface area contributed by atoms with Crippen LogP contribution >= 0.6 is 0 Å². The van der Waals surface area contributed by atoms with Crippen molar-refractivity contribution in [2.45, 2.75) is 90.8 Å². The quantitative estimate of drug-likeness (QED) is 0.288. The first-order chi connectivity index (χ1) is 21.1. The van der Waals surface area contributed by atoms with Crippen LogP contribution in [0.5, 0.6) is 5.75 Å². The van der Waals surface area contributed by atoms with E-state index in [2.05, 4.69) is 10.3 Å². The number of rotatable bonds is 7. The summed E-state index contributed by atoms with van der Waals surface area (Å²) in [6.45, 7) is 10.2. The third-order valence-corrected chi connectivity index (χ3v) is 6.76. The summed E-state index contributed by atoms with van der Waals surface area (Å²) in [7, 11) is 0. The van der Waals surface area contributed by atoms with Crippen LogP contribution in [-0.4, -0.2) is 66.9 Å². The van der Waals surface area contributed by atoms with Crippen LogP contribution in [0.3, 0.4) is 0 Å². The highest BCUT2D eigenvalue weighted by Crippen LogP contribution is 2.26. The zero-order valence-electron chi connectivity index (χ0n) is 26.4. The van der Waals surface area contributed by atoms with E-state index in [1.807, 2.05) is 30.3 Å². The first-order valence-electron chi connectivity index (χ1n) is 14.7. The fourth-order valence-corrected chi connectivity index (χ4v) is 4.69. The fourth-order valence-electron chi connectivity index (χ4n) is 4.69. The zero-order valence-corrected chi connectivity index (χ0v) is 26.4. The number of aromatic hydroxyl groups is 1. The summed E-state index contributed by atoms with van der Waals surface area (Å²) in [5.74, 6) is -1.24. The minimum Gasteiger partial charge on any atom is -0.508 e. The van der Waals surface area contributed by atoms with Crippen LogP contribution in [0.1, 0.15) is 64.1 Å². The number of fused-ring (bicyclic) bond motifs is 1. The Labute approximate surface area is 262 Å². The minimum atomic E-state index is -1.12. The number of carbonyl (C=O) groups excluding carboxylic acids is 4. The molecule has 12 heteroatoms. The molecule has 45 heavy (non-hydrogen) atoms. The Morgan fingerprint density at radius 2 is 1.53 bits per heavy atom. The molecule has 0 unspecified atom stereocenters. The van der Waals surface area contributed by atoms with Gasteiger partial charge in [0.2, 0.25) is 5.91 Å². The highest BCUT2D eigenvalue weighted by Gasteiger charge is 2.41. The molecule has 0 bridgehead atoms. The van der Waals surface area contributed by atoms with Crippen LogP contribution in [0.25, 0.3) is 0 Å². The number of benzene rings is 2. The molecule has 0 fully saturated rings. The number of nitrogens with zero attached hydrogens (tertiary/aromatic N) is 3. The third-order valence-electron chi connectivity index (χ3n) is 6.76. The smallest absolute Gasteiger partial charge is 0.420 e. The van der Waals surface area contributed by atoms with Gasteiger partial charge in [-0.3, -0.25) is 9.69 Å². The van der Waals surface area contributed by atoms with E-state index in [9.17, 15) is 24.3 Å². The van der Waals surface area contributed by atoms with Crippen molar-refractivity contribution in [1.29, 1.82) is 0 Å². The Bertz CT molecular complexity index is 1520. The molecule has 2 atom stereocenters. The number of carbonyl (C=O) groups is 4. The fraction of sp³-hybridized carbons (Fsp3) is 0.424. The number of aromatic nitrogens is 2. The van der Waals surface area contributed by atoms with E-state index in [0.29, 0.717) is 17.0 Å². The van der Waals surface area contributed by atoms with E-state index < -0.39 is 47.3 Å². The number of phenols is 1. The standard InChI is InChI=1S/C33H40N4O8/c1-32(2,3)44-30(41)36-18-27-24(34-20-37(27)31(42)45-33(4,5)6)17-26(36)28(39)35-25(16-21-12-14-23(38)15-13-21)29(40)43-19-22-10-8-7-9-11-22/h7-15,20,25-26,38H,16-19H2,1-6H3,(H,35,39)/t25-,26-/m0/s1. The topological polar surface area (TPSA) is 149 Å². The molecule has 240 valence electrons. The summed E-state index contributed by atoms with van der Waals surface area (Å²) in [4.78, 5) is 59.2. The van der Waals surface area contributed by atoms with E-state index in [0.717, 1.165) is 5.56 Å². The van der Waals surface area contributed by atoms with Crippen molar-refractivity contribution in [3.05, 3.63) is 83.4 Å². The number of hydrogen-bond acceptors (Lipinski definition) is 9. The molecular weight excluding hydrogens is 580 g/mol. The molecule has 1 aliphatic heterocycles. The summed E-state index contributed by atoms with van der Waals surface area (Å²) in [5.41, 5.74) is 0.632. The zero-order chi connectivity index (χ0) is 32.9. The van der Waals surface area contributed by atoms with Crippen LogP contribution in [0, 0.1) is 0 Å². The Balaban J connectivity index is 1.61. The molecule has 0 aliphatic carbocycles. The summed E-state index contributed by atoms with van der Waals surface area (Å²) in [5, 5.41) is 12.5. The number of phenolic OH excluding ortho intramolecular Hbond substituents is 1. The second-order valence-electron chi connectivity index (χ2n) is 12.8. The Morgan fingerprint density at radius 1 is 0.911 bits per heavy atom. The van der Waals surface area contributed by atoms with Crippen LogP contribution in [-0.2, 0) is 49.8 Å². The Kier molecular flexibility index (Phi) is 9.84. The Hall–Kier alpha value is -4.87. The second-order valence-corrected chi connectivity index (χ2v) is 12.8. The highest BCUT2D eigenvalue weighted by molar-refractivity contribution is 5.90. The number of nitrogens with one attached hydrogen (secondary N) is 1. The monoisotopic (exact) mass is 620 g/mol. The van der Waals surface area contributed by atoms with E-state index in [-0.39, 0.29) is 31.7 Å². The van der Waals surface area contributed by atoms with Crippen molar-refractivity contribution in [1.82, 2.24) is 19.8 Å². The molecule has 1 aliphatic rings. The summed E-state index contributed by atoms with van der Waals surface area (Å²) >= 11 is 0. The SMILES string of the molecule is CC(C)(C)OC(=O)N1Cc2c(ncn2C(=O)OC(C)(C)C)C[C@H]1C(=O)N[C@@H](Cc1ccc(O)cc1)C(=O)OCc1ccccc1. The molecule has 3 aromatic rings. The molecule has 1 aromatic heterocycles. The maximum Gasteiger partial charge on any atom is 0.420 e. The van der Waals surface area contributed by atoms with Gasteiger partial charge in [0.05, 0.1) is 17.9 Å². The number of ether oxygens (including phenoxy) is 3. The van der Waals surface area contributed by atoms with E-state index in [1.165, 1.54) is 27.9 Å². The molecule has 2 aromatic carbocycles. The molecule has 12 nitrogen and oxygen atoms in total. The van der Waals surface area contributed by atoms with Crippen molar-refractivity contribution in [2.24, 2.45) is 0 Å². The van der Waals surface area contributed by atoms with Crippen LogP contribution in [0.4, 0.5) is 9.59 Å². The largest absolute Gasteiger partial charge is 0.508 e. The van der Waals surface area contributed by atoms with Gasteiger partial charge in [-0.1, -0.05) is 42.5 Å². The maximum absolute atomic E-state index is 13.9. The van der Waals surface area contributed by atoms with Gasteiger partial charge in [-0.15, -0.1) is 0 Å². The third kappa shape index (κ3) is 9.07. The molecule has 2 heterocycles. The molecule has 0 spiro atoms. The molecule has 0 radical (unpaired) electrons. The molecule has 0 saturated heterocycles. The van der Waals surface area contributed by atoms with Crippen molar-refractivity contribution >= 4 is 24.1 Å². The number of imidazole rings is 1. The summed E-state index contributed by atoms with van der Waals surface area (Å²) in [6.07, 6.45) is -0.107. The molecule has 0 saturated carbocycles. The van der Waals surface area contributed by atoms with Crippen LogP contribution in [0.15, 0.2) is 60.9 Å². The normalized spacial score (nSPS) is 15.4. The van der Waals surface area contributed by atoms with Crippen molar-refractivity contribution in [3.8, 4) is 5.75 Å². The van der Waals surface area contributed by atoms with E-state index >= 15 is 0 Å². The van der Waals surface area contributed by atoms with Crippen molar-refractivity contribution in [3.63, 3.8) is 0 Å². The molecule has 4 rings (SSSR count). The van der Waals surface area contributed by atoms with Gasteiger partial charge in [0.15, 0.2) is 0 Å². The van der Waals surface area contributed by atoms with Crippen molar-refractivity contribution < 1.29 is 38.5 Å². The van der Waals surface area contributed by atoms with Crippen LogP contribution in [0.2, 0.25) is 0 Å². The van der Waals surface area contributed by atoms with Gasteiger partial charge in [0.25, 0.3) is 0 Å². The summed E-state index contributed by atoms with van der Waals surface area (Å²) < 4.78 is 17.9. The Morgan fingerprint density at radius 3 is 2.16 bits per heavy atom. The molecular formula is C33H40N4O8. The van der Waals surface area contributed by atoms with E-state index in [1.54, 1.807) is 53.7 Å².